The molecule has 154 valence electrons. The summed E-state index contributed by atoms with van der Waals surface area (Å²) in [5.41, 5.74) is 3.90. The number of carbonyl (C=O) groups excluding carboxylic acids is 1. The van der Waals surface area contributed by atoms with E-state index < -0.39 is 0 Å². The summed E-state index contributed by atoms with van der Waals surface area (Å²) >= 11 is 6.12. The van der Waals surface area contributed by atoms with Gasteiger partial charge >= 0.3 is 0 Å². The number of hydrogen-bond donors (Lipinski definition) is 0. The molecule has 4 nitrogen and oxygen atoms in total. The standard InChI is InChI=1S/C24H30ClN3O/c1-19-5-2-3-6-21(19)18-26-11-9-20(10-12-26)24(29)28-15-13-27(14-16-28)23-8-4-7-22(25)17-23/h2-8,17,20H,9-16,18H2,1H3. The van der Waals surface area contributed by atoms with Crippen LogP contribution in [0.25, 0.3) is 0 Å². The highest BCUT2D eigenvalue weighted by atomic mass is 35.5. The van der Waals surface area contributed by atoms with E-state index in [4.69, 9.17) is 11.6 Å². The van der Waals surface area contributed by atoms with Crippen molar-refractivity contribution in [2.24, 2.45) is 5.92 Å². The second-order valence-corrected chi connectivity index (χ2v) is 8.71. The molecule has 2 aliphatic rings. The molecule has 2 saturated heterocycles. The van der Waals surface area contributed by atoms with Crippen LogP contribution in [-0.2, 0) is 11.3 Å². The number of rotatable bonds is 4. The van der Waals surface area contributed by atoms with E-state index >= 15 is 0 Å². The number of nitrogens with zero attached hydrogens (tertiary/aromatic N) is 3. The topological polar surface area (TPSA) is 26.8 Å². The van der Waals surface area contributed by atoms with Crippen LogP contribution in [0.1, 0.15) is 24.0 Å². The molecule has 0 spiro atoms. The lowest BCUT2D eigenvalue weighted by molar-refractivity contribution is -0.137. The van der Waals surface area contributed by atoms with Crippen LogP contribution >= 0.6 is 11.6 Å². The van der Waals surface area contributed by atoms with Crippen molar-refractivity contribution in [3.05, 3.63) is 64.7 Å². The predicted molar refractivity (Wildman–Crippen MR) is 119 cm³/mol. The van der Waals surface area contributed by atoms with Crippen molar-refractivity contribution < 1.29 is 4.79 Å². The fraction of sp³-hybridized carbons (Fsp3) is 0.458. The van der Waals surface area contributed by atoms with Crippen LogP contribution < -0.4 is 4.90 Å². The number of anilines is 1. The van der Waals surface area contributed by atoms with Crippen molar-refractivity contribution in [2.75, 3.05) is 44.2 Å². The number of amides is 1. The van der Waals surface area contributed by atoms with E-state index in [9.17, 15) is 4.79 Å². The molecule has 0 aliphatic carbocycles. The van der Waals surface area contributed by atoms with E-state index in [2.05, 4.69) is 52.0 Å². The summed E-state index contributed by atoms with van der Waals surface area (Å²) in [5.74, 6) is 0.534. The van der Waals surface area contributed by atoms with Crippen molar-refractivity contribution in [3.63, 3.8) is 0 Å². The van der Waals surface area contributed by atoms with Crippen LogP contribution in [0.3, 0.4) is 0 Å². The lowest BCUT2D eigenvalue weighted by atomic mass is 9.94. The van der Waals surface area contributed by atoms with Crippen molar-refractivity contribution in [2.45, 2.75) is 26.3 Å². The van der Waals surface area contributed by atoms with E-state index in [0.29, 0.717) is 5.91 Å². The number of halogens is 1. The molecular formula is C24H30ClN3O. The second-order valence-electron chi connectivity index (χ2n) is 8.27. The van der Waals surface area contributed by atoms with Gasteiger partial charge < -0.3 is 9.80 Å². The molecule has 4 rings (SSSR count). The Hall–Kier alpha value is -2.04. The number of carbonyl (C=O) groups is 1. The summed E-state index contributed by atoms with van der Waals surface area (Å²) in [6.07, 6.45) is 1.94. The highest BCUT2D eigenvalue weighted by Crippen LogP contribution is 2.24. The Kier molecular flexibility index (Phi) is 6.41. The van der Waals surface area contributed by atoms with Gasteiger partial charge in [-0.05, 0) is 62.2 Å². The van der Waals surface area contributed by atoms with Crippen LogP contribution in [0.2, 0.25) is 5.02 Å². The average molecular weight is 412 g/mol. The highest BCUT2D eigenvalue weighted by Gasteiger charge is 2.30. The zero-order valence-electron chi connectivity index (χ0n) is 17.2. The van der Waals surface area contributed by atoms with E-state index in [1.165, 1.54) is 11.1 Å². The fourth-order valence-corrected chi connectivity index (χ4v) is 4.67. The summed E-state index contributed by atoms with van der Waals surface area (Å²) in [6.45, 7) is 8.53. The number of hydrogen-bond acceptors (Lipinski definition) is 3. The Morgan fingerprint density at radius 1 is 0.966 bits per heavy atom. The molecule has 2 aliphatic heterocycles. The molecule has 0 aromatic heterocycles. The van der Waals surface area contributed by atoms with Crippen LogP contribution in [0.15, 0.2) is 48.5 Å². The summed E-state index contributed by atoms with van der Waals surface area (Å²) < 4.78 is 0. The van der Waals surface area contributed by atoms with Gasteiger partial charge in [-0.25, -0.2) is 0 Å². The van der Waals surface area contributed by atoms with Crippen LogP contribution in [0, 0.1) is 12.8 Å². The smallest absolute Gasteiger partial charge is 0.225 e. The average Bonchev–Trinajstić information content (AvgIpc) is 2.75. The normalized spacial score (nSPS) is 18.8. The maximum absolute atomic E-state index is 13.0. The predicted octanol–water partition coefficient (Wildman–Crippen LogP) is 4.21. The molecule has 2 aromatic rings. The fourth-order valence-electron chi connectivity index (χ4n) is 4.48. The molecule has 0 N–H and O–H groups in total. The Balaban J connectivity index is 1.25. The van der Waals surface area contributed by atoms with E-state index in [-0.39, 0.29) is 5.92 Å². The van der Waals surface area contributed by atoms with Crippen molar-refractivity contribution in [1.82, 2.24) is 9.80 Å². The molecule has 29 heavy (non-hydrogen) atoms. The molecule has 0 atom stereocenters. The number of piperazine rings is 1. The first-order chi connectivity index (χ1) is 14.1. The molecule has 5 heteroatoms. The van der Waals surface area contributed by atoms with Gasteiger partial charge in [0, 0.05) is 49.4 Å². The third kappa shape index (κ3) is 4.93. The minimum atomic E-state index is 0.181. The zero-order valence-corrected chi connectivity index (χ0v) is 17.9. The summed E-state index contributed by atoms with van der Waals surface area (Å²) in [5, 5.41) is 0.762. The molecule has 0 unspecified atom stereocenters. The Bertz CT molecular complexity index is 840. The molecule has 2 fully saturated rings. The lowest BCUT2D eigenvalue weighted by Crippen LogP contribution is -2.51. The van der Waals surface area contributed by atoms with Gasteiger partial charge in [-0.1, -0.05) is 41.9 Å². The molecule has 0 bridgehead atoms. The van der Waals surface area contributed by atoms with E-state index in [0.717, 1.165) is 69.4 Å². The largest absolute Gasteiger partial charge is 0.368 e. The maximum atomic E-state index is 13.0. The number of benzene rings is 2. The molecule has 2 aromatic carbocycles. The lowest BCUT2D eigenvalue weighted by Gasteiger charge is -2.39. The van der Waals surface area contributed by atoms with Crippen LogP contribution in [-0.4, -0.2) is 55.0 Å². The van der Waals surface area contributed by atoms with Crippen LogP contribution in [0.4, 0.5) is 5.69 Å². The second kappa shape index (κ2) is 9.19. The zero-order chi connectivity index (χ0) is 20.2. The SMILES string of the molecule is Cc1ccccc1CN1CCC(C(=O)N2CCN(c3cccc(Cl)c3)CC2)CC1. The first kappa shape index (κ1) is 20.2. The van der Waals surface area contributed by atoms with Gasteiger partial charge in [0.05, 0.1) is 0 Å². The quantitative estimate of drug-likeness (QED) is 0.754. The number of likely N-dealkylation sites (tertiary alicyclic amines) is 1. The Morgan fingerprint density at radius 3 is 2.38 bits per heavy atom. The van der Waals surface area contributed by atoms with Gasteiger partial charge in [0.15, 0.2) is 0 Å². The molecule has 2 heterocycles. The van der Waals surface area contributed by atoms with Gasteiger partial charge in [-0.15, -0.1) is 0 Å². The van der Waals surface area contributed by atoms with Gasteiger partial charge in [0.1, 0.15) is 0 Å². The summed E-state index contributed by atoms with van der Waals surface area (Å²) in [4.78, 5) is 19.9. The Labute approximate surface area is 179 Å². The molecule has 0 radical (unpaired) electrons. The molecule has 1 amide bonds. The Morgan fingerprint density at radius 2 is 1.69 bits per heavy atom. The van der Waals surface area contributed by atoms with Gasteiger partial charge in [0.25, 0.3) is 0 Å². The van der Waals surface area contributed by atoms with E-state index in [1.807, 2.05) is 18.2 Å². The first-order valence-electron chi connectivity index (χ1n) is 10.7. The highest BCUT2D eigenvalue weighted by molar-refractivity contribution is 6.30. The van der Waals surface area contributed by atoms with Gasteiger partial charge in [-0.2, -0.15) is 0 Å². The third-order valence-electron chi connectivity index (χ3n) is 6.36. The van der Waals surface area contributed by atoms with Crippen LogP contribution in [0.5, 0.6) is 0 Å². The summed E-state index contributed by atoms with van der Waals surface area (Å²) in [7, 11) is 0. The summed E-state index contributed by atoms with van der Waals surface area (Å²) in [6, 6.07) is 16.6. The maximum Gasteiger partial charge on any atom is 0.225 e. The number of piperidine rings is 1. The van der Waals surface area contributed by atoms with E-state index in [1.54, 1.807) is 0 Å². The monoisotopic (exact) mass is 411 g/mol. The van der Waals surface area contributed by atoms with Gasteiger partial charge in [-0.3, -0.25) is 9.69 Å². The first-order valence-corrected chi connectivity index (χ1v) is 11.0. The van der Waals surface area contributed by atoms with Crippen molar-refractivity contribution in [1.29, 1.82) is 0 Å². The molecular weight excluding hydrogens is 382 g/mol. The van der Waals surface area contributed by atoms with Crippen molar-refractivity contribution >= 4 is 23.2 Å². The molecule has 0 saturated carbocycles. The number of aryl methyl sites for hydroxylation is 1. The van der Waals surface area contributed by atoms with Gasteiger partial charge in [0.2, 0.25) is 5.91 Å². The van der Waals surface area contributed by atoms with Crippen molar-refractivity contribution in [3.8, 4) is 0 Å². The minimum absolute atomic E-state index is 0.181. The third-order valence-corrected chi connectivity index (χ3v) is 6.59. The minimum Gasteiger partial charge on any atom is -0.368 e.